The Balaban J connectivity index is 1.69. The number of carbonyl (C=O) groups excluding carboxylic acids is 3. The van der Waals surface area contributed by atoms with E-state index >= 15 is 0 Å². The quantitative estimate of drug-likeness (QED) is 0.654. The van der Waals surface area contributed by atoms with Crippen LogP contribution in [0.4, 0.5) is 4.39 Å². The van der Waals surface area contributed by atoms with Crippen LogP contribution in [0, 0.1) is 17.7 Å². The first-order valence-corrected chi connectivity index (χ1v) is 7.10. The van der Waals surface area contributed by atoms with Gasteiger partial charge in [0.05, 0.1) is 0 Å². The van der Waals surface area contributed by atoms with Crippen molar-refractivity contribution in [2.75, 3.05) is 13.1 Å². The second kappa shape index (κ2) is 7.02. The van der Waals surface area contributed by atoms with Crippen LogP contribution in [0.2, 0.25) is 0 Å². The van der Waals surface area contributed by atoms with Crippen LogP contribution in [0.1, 0.15) is 23.2 Å². The largest absolute Gasteiger partial charge is 0.369 e. The molecule has 0 spiro atoms. The summed E-state index contributed by atoms with van der Waals surface area (Å²) in [5.41, 5.74) is 5.54. The number of halogens is 1. The van der Waals surface area contributed by atoms with Gasteiger partial charge in [0.1, 0.15) is 5.82 Å². The molecule has 1 aromatic carbocycles. The summed E-state index contributed by atoms with van der Waals surface area (Å²) in [5.74, 6) is -2.15. The molecule has 1 aliphatic rings. The number of amides is 3. The molecule has 2 rings (SSSR count). The summed E-state index contributed by atoms with van der Waals surface area (Å²) in [6, 6.07) is 5.18. The summed E-state index contributed by atoms with van der Waals surface area (Å²) in [5, 5.41) is 5.28. The minimum Gasteiger partial charge on any atom is -0.369 e. The monoisotopic (exact) mass is 307 g/mol. The highest BCUT2D eigenvalue weighted by molar-refractivity contribution is 5.94. The molecule has 0 radical (unpaired) electrons. The first kappa shape index (κ1) is 15.9. The maximum atomic E-state index is 12.7. The van der Waals surface area contributed by atoms with Crippen molar-refractivity contribution in [2.45, 2.75) is 12.8 Å². The van der Waals surface area contributed by atoms with Gasteiger partial charge in [-0.25, -0.2) is 4.39 Å². The van der Waals surface area contributed by atoms with E-state index in [-0.39, 0.29) is 36.7 Å². The van der Waals surface area contributed by atoms with Crippen molar-refractivity contribution in [2.24, 2.45) is 17.6 Å². The van der Waals surface area contributed by atoms with E-state index in [0.29, 0.717) is 18.4 Å². The minimum absolute atomic E-state index is 0.217. The van der Waals surface area contributed by atoms with Gasteiger partial charge in [-0.05, 0) is 37.1 Å². The van der Waals surface area contributed by atoms with E-state index in [1.54, 1.807) is 0 Å². The Morgan fingerprint density at radius 1 is 1.05 bits per heavy atom. The van der Waals surface area contributed by atoms with Gasteiger partial charge in [-0.1, -0.05) is 0 Å². The summed E-state index contributed by atoms with van der Waals surface area (Å²) in [7, 11) is 0. The Hall–Kier alpha value is -2.44. The van der Waals surface area contributed by atoms with Crippen LogP contribution in [0.5, 0.6) is 0 Å². The molecule has 22 heavy (non-hydrogen) atoms. The van der Waals surface area contributed by atoms with Crippen LogP contribution in [0.25, 0.3) is 0 Å². The molecule has 1 fully saturated rings. The Kier molecular flexibility index (Phi) is 5.08. The van der Waals surface area contributed by atoms with Crippen molar-refractivity contribution in [3.05, 3.63) is 35.6 Å². The molecule has 1 aromatic rings. The van der Waals surface area contributed by atoms with E-state index in [1.165, 1.54) is 24.3 Å². The zero-order valence-electron chi connectivity index (χ0n) is 12.0. The Morgan fingerprint density at radius 3 is 2.18 bits per heavy atom. The third-order valence-corrected chi connectivity index (χ3v) is 3.79. The lowest BCUT2D eigenvalue weighted by molar-refractivity contribution is -0.138. The number of carbonyl (C=O) groups is 3. The van der Waals surface area contributed by atoms with Gasteiger partial charge >= 0.3 is 0 Å². The molecule has 7 heteroatoms. The lowest BCUT2D eigenvalue weighted by Gasteiger charge is -2.32. The zero-order chi connectivity index (χ0) is 16.1. The predicted molar refractivity (Wildman–Crippen MR) is 77.2 cm³/mol. The normalized spacial score (nSPS) is 19.9. The molecular formula is C15H18FN3O3. The Morgan fingerprint density at radius 2 is 1.64 bits per heavy atom. The van der Waals surface area contributed by atoms with E-state index in [1.807, 2.05) is 0 Å². The maximum Gasteiger partial charge on any atom is 0.251 e. The number of rotatable bonds is 6. The number of hydrogen-bond donors (Lipinski definition) is 3. The standard InChI is InChI=1S/C15H18FN3O3/c16-10-3-1-9(2-4-10)14(21)18-7-8-19-15(22)12-6-5-11(12)13(17)20/h1-4,11-12H,5-8H2,(H2,17,20)(H,18,21)(H,19,22)/t11-,12-/m0/s1. The van der Waals surface area contributed by atoms with Crippen molar-refractivity contribution in [1.82, 2.24) is 10.6 Å². The molecule has 4 N–H and O–H groups in total. The topological polar surface area (TPSA) is 101 Å². The first-order valence-electron chi connectivity index (χ1n) is 7.10. The fraction of sp³-hybridized carbons (Fsp3) is 0.400. The average molecular weight is 307 g/mol. The SMILES string of the molecule is NC(=O)[C@H]1CC[C@@H]1C(=O)NCCNC(=O)c1ccc(F)cc1. The van der Waals surface area contributed by atoms with Gasteiger partial charge in [0.25, 0.3) is 5.91 Å². The molecule has 0 saturated heterocycles. The Labute approximate surface area is 127 Å². The smallest absolute Gasteiger partial charge is 0.251 e. The van der Waals surface area contributed by atoms with Gasteiger partial charge in [-0.3, -0.25) is 14.4 Å². The molecular weight excluding hydrogens is 289 g/mol. The lowest BCUT2D eigenvalue weighted by atomic mass is 9.72. The summed E-state index contributed by atoms with van der Waals surface area (Å²) >= 11 is 0. The van der Waals surface area contributed by atoms with Gasteiger partial charge in [0.2, 0.25) is 11.8 Å². The predicted octanol–water partition coefficient (Wildman–Crippen LogP) is 0.183. The molecule has 0 aromatic heterocycles. The maximum absolute atomic E-state index is 12.7. The highest BCUT2D eigenvalue weighted by Crippen LogP contribution is 2.33. The first-order chi connectivity index (χ1) is 10.5. The second-order valence-corrected chi connectivity index (χ2v) is 5.25. The van der Waals surface area contributed by atoms with Crippen LogP contribution in [-0.2, 0) is 9.59 Å². The van der Waals surface area contributed by atoms with Gasteiger partial charge in [0, 0.05) is 30.5 Å². The van der Waals surface area contributed by atoms with Crippen LogP contribution >= 0.6 is 0 Å². The minimum atomic E-state index is -0.448. The summed E-state index contributed by atoms with van der Waals surface area (Å²) in [6.45, 7) is 0.504. The van der Waals surface area contributed by atoms with E-state index in [4.69, 9.17) is 5.73 Å². The van der Waals surface area contributed by atoms with Crippen LogP contribution < -0.4 is 16.4 Å². The fourth-order valence-corrected chi connectivity index (χ4v) is 2.35. The molecule has 1 saturated carbocycles. The fourth-order valence-electron chi connectivity index (χ4n) is 2.35. The van der Waals surface area contributed by atoms with E-state index in [2.05, 4.69) is 10.6 Å². The van der Waals surface area contributed by atoms with Crippen LogP contribution in [-0.4, -0.2) is 30.8 Å². The van der Waals surface area contributed by atoms with Gasteiger partial charge in [-0.2, -0.15) is 0 Å². The molecule has 6 nitrogen and oxygen atoms in total. The Bertz CT molecular complexity index is 574. The third kappa shape index (κ3) is 3.81. The molecule has 0 bridgehead atoms. The average Bonchev–Trinajstić information content (AvgIpc) is 2.42. The van der Waals surface area contributed by atoms with Crippen molar-refractivity contribution in [3.8, 4) is 0 Å². The molecule has 0 aliphatic heterocycles. The van der Waals surface area contributed by atoms with E-state index in [9.17, 15) is 18.8 Å². The van der Waals surface area contributed by atoms with Crippen molar-refractivity contribution in [3.63, 3.8) is 0 Å². The van der Waals surface area contributed by atoms with E-state index in [0.717, 1.165) is 0 Å². The third-order valence-electron chi connectivity index (χ3n) is 3.79. The molecule has 0 unspecified atom stereocenters. The number of nitrogens with two attached hydrogens (primary N) is 1. The number of hydrogen-bond acceptors (Lipinski definition) is 3. The van der Waals surface area contributed by atoms with Crippen molar-refractivity contribution in [1.29, 1.82) is 0 Å². The van der Waals surface area contributed by atoms with Gasteiger partial charge in [0.15, 0.2) is 0 Å². The van der Waals surface area contributed by atoms with Gasteiger partial charge < -0.3 is 16.4 Å². The zero-order valence-corrected chi connectivity index (χ0v) is 12.0. The highest BCUT2D eigenvalue weighted by atomic mass is 19.1. The molecule has 1 aliphatic carbocycles. The van der Waals surface area contributed by atoms with Gasteiger partial charge in [-0.15, -0.1) is 0 Å². The lowest BCUT2D eigenvalue weighted by Crippen LogP contribution is -2.47. The van der Waals surface area contributed by atoms with Crippen LogP contribution in [0.3, 0.4) is 0 Å². The summed E-state index contributed by atoms with van der Waals surface area (Å²) in [4.78, 5) is 34.6. The number of nitrogens with one attached hydrogen (secondary N) is 2. The summed E-state index contributed by atoms with van der Waals surface area (Å²) < 4.78 is 12.7. The molecule has 118 valence electrons. The van der Waals surface area contributed by atoms with E-state index < -0.39 is 11.7 Å². The molecule has 0 heterocycles. The molecule has 3 amide bonds. The molecule has 2 atom stereocenters. The number of benzene rings is 1. The van der Waals surface area contributed by atoms with Crippen molar-refractivity contribution < 1.29 is 18.8 Å². The second-order valence-electron chi connectivity index (χ2n) is 5.25. The highest BCUT2D eigenvalue weighted by Gasteiger charge is 2.39. The number of primary amides is 1. The van der Waals surface area contributed by atoms with Crippen LogP contribution in [0.15, 0.2) is 24.3 Å². The summed E-state index contributed by atoms with van der Waals surface area (Å²) in [6.07, 6.45) is 1.30. The van der Waals surface area contributed by atoms with Crippen molar-refractivity contribution >= 4 is 17.7 Å².